The van der Waals surface area contributed by atoms with Gasteiger partial charge in [0.05, 0.1) is 18.6 Å². The maximum Gasteiger partial charge on any atom is 0.414 e. The largest absolute Gasteiger partial charge is 0.493 e. The lowest BCUT2D eigenvalue weighted by Crippen LogP contribution is -2.09. The standard InChI is InChI=1S/C19H26N2O.C2H2O4/c1-3-4-5-6-7-10-15-22-19-12-9-8-11-18(19)17(2)21-14-13-20-16-21;3-1(4)2(5)6/h8-9,11-14,16H,2-7,10,15H2,1H3;(H,3,4)(H,5,6). The Morgan fingerprint density at radius 1 is 1.07 bits per heavy atom. The zero-order valence-corrected chi connectivity index (χ0v) is 16.2. The Balaban J connectivity index is 0.000000568. The van der Waals surface area contributed by atoms with E-state index < -0.39 is 11.9 Å². The number of hydrogen-bond acceptors (Lipinski definition) is 4. The van der Waals surface area contributed by atoms with Gasteiger partial charge in [-0.15, -0.1) is 0 Å². The van der Waals surface area contributed by atoms with Crippen LogP contribution in [-0.4, -0.2) is 38.3 Å². The van der Waals surface area contributed by atoms with Gasteiger partial charge in [-0.1, -0.05) is 57.7 Å². The quantitative estimate of drug-likeness (QED) is 0.465. The second-order valence-corrected chi connectivity index (χ2v) is 6.14. The molecular weight excluding hydrogens is 360 g/mol. The minimum absolute atomic E-state index is 0.764. The summed E-state index contributed by atoms with van der Waals surface area (Å²) in [5.74, 6) is -2.75. The van der Waals surface area contributed by atoms with Crippen molar-refractivity contribution in [2.75, 3.05) is 6.61 Å². The fourth-order valence-corrected chi connectivity index (χ4v) is 2.45. The van der Waals surface area contributed by atoms with Crippen molar-refractivity contribution in [1.82, 2.24) is 9.55 Å². The van der Waals surface area contributed by atoms with E-state index in [1.54, 1.807) is 12.5 Å². The summed E-state index contributed by atoms with van der Waals surface area (Å²) >= 11 is 0. The van der Waals surface area contributed by atoms with Crippen LogP contribution in [0.5, 0.6) is 5.75 Å². The summed E-state index contributed by atoms with van der Waals surface area (Å²) in [6, 6.07) is 8.06. The molecule has 0 unspecified atom stereocenters. The number of aliphatic carboxylic acids is 2. The lowest BCUT2D eigenvalue weighted by atomic mass is 10.1. The highest BCUT2D eigenvalue weighted by molar-refractivity contribution is 6.27. The monoisotopic (exact) mass is 388 g/mol. The van der Waals surface area contributed by atoms with Crippen molar-refractivity contribution in [2.45, 2.75) is 45.4 Å². The van der Waals surface area contributed by atoms with Crippen LogP contribution < -0.4 is 4.74 Å². The lowest BCUT2D eigenvalue weighted by Gasteiger charge is -2.13. The van der Waals surface area contributed by atoms with E-state index in [0.717, 1.165) is 30.0 Å². The van der Waals surface area contributed by atoms with E-state index in [0.29, 0.717) is 0 Å². The second-order valence-electron chi connectivity index (χ2n) is 6.14. The third-order valence-corrected chi connectivity index (χ3v) is 3.95. The Morgan fingerprint density at radius 3 is 2.32 bits per heavy atom. The SMILES string of the molecule is C=C(c1ccccc1OCCCCCCCC)n1ccnc1.O=C(O)C(=O)O. The van der Waals surface area contributed by atoms with Gasteiger partial charge in [-0.3, -0.25) is 0 Å². The fourth-order valence-electron chi connectivity index (χ4n) is 2.45. The average Bonchev–Trinajstić information content (AvgIpc) is 3.22. The number of rotatable bonds is 10. The van der Waals surface area contributed by atoms with Gasteiger partial charge in [0.1, 0.15) is 5.75 Å². The number of carboxylic acid groups (broad SMARTS) is 2. The normalized spacial score (nSPS) is 9.89. The molecular formula is C21H28N2O5. The molecule has 0 aliphatic rings. The second kappa shape index (κ2) is 13.1. The Morgan fingerprint density at radius 2 is 1.71 bits per heavy atom. The summed E-state index contributed by atoms with van der Waals surface area (Å²) < 4.78 is 7.88. The van der Waals surface area contributed by atoms with Crippen molar-refractivity contribution in [1.29, 1.82) is 0 Å². The zero-order chi connectivity index (χ0) is 20.8. The van der Waals surface area contributed by atoms with Gasteiger partial charge in [-0.05, 0) is 18.6 Å². The number of imidazole rings is 1. The van der Waals surface area contributed by atoms with Gasteiger partial charge in [0.15, 0.2) is 0 Å². The van der Waals surface area contributed by atoms with E-state index in [1.807, 2.05) is 35.0 Å². The molecule has 2 aromatic rings. The first-order valence-electron chi connectivity index (χ1n) is 9.33. The highest BCUT2D eigenvalue weighted by Crippen LogP contribution is 2.26. The zero-order valence-electron chi connectivity index (χ0n) is 16.2. The average molecular weight is 388 g/mol. The first-order valence-corrected chi connectivity index (χ1v) is 9.33. The summed E-state index contributed by atoms with van der Waals surface area (Å²) in [4.78, 5) is 22.3. The lowest BCUT2D eigenvalue weighted by molar-refractivity contribution is -0.159. The Labute approximate surface area is 165 Å². The van der Waals surface area contributed by atoms with Crippen molar-refractivity contribution in [3.8, 4) is 5.75 Å². The molecule has 0 radical (unpaired) electrons. The molecule has 0 aliphatic carbocycles. The van der Waals surface area contributed by atoms with Gasteiger partial charge in [-0.25, -0.2) is 14.6 Å². The first-order chi connectivity index (χ1) is 13.5. The molecule has 7 nitrogen and oxygen atoms in total. The van der Waals surface area contributed by atoms with Gasteiger partial charge in [0.25, 0.3) is 0 Å². The molecule has 1 heterocycles. The first kappa shape index (κ1) is 23.0. The van der Waals surface area contributed by atoms with Crippen molar-refractivity contribution in [3.63, 3.8) is 0 Å². The van der Waals surface area contributed by atoms with Gasteiger partial charge in [0, 0.05) is 18.0 Å². The summed E-state index contributed by atoms with van der Waals surface area (Å²) in [6.07, 6.45) is 13.0. The van der Waals surface area contributed by atoms with Crippen molar-refractivity contribution in [2.24, 2.45) is 0 Å². The number of ether oxygens (including phenoxy) is 1. The molecule has 0 aliphatic heterocycles. The van der Waals surface area contributed by atoms with Gasteiger partial charge in [0.2, 0.25) is 0 Å². The topological polar surface area (TPSA) is 102 Å². The summed E-state index contributed by atoms with van der Waals surface area (Å²) in [6.45, 7) is 7.16. The minimum Gasteiger partial charge on any atom is -0.493 e. The third-order valence-electron chi connectivity index (χ3n) is 3.95. The molecule has 7 heteroatoms. The molecule has 0 fully saturated rings. The minimum atomic E-state index is -1.82. The van der Waals surface area contributed by atoms with Crippen molar-refractivity contribution >= 4 is 17.6 Å². The number of unbranched alkanes of at least 4 members (excludes halogenated alkanes) is 5. The predicted molar refractivity (Wildman–Crippen MR) is 107 cm³/mol. The number of aromatic nitrogens is 2. The maximum atomic E-state index is 9.10. The predicted octanol–water partition coefficient (Wildman–Crippen LogP) is 4.30. The van der Waals surface area contributed by atoms with Gasteiger partial charge < -0.3 is 19.5 Å². The molecule has 1 aromatic carbocycles. The molecule has 0 bridgehead atoms. The fraction of sp³-hybridized carbons (Fsp3) is 0.381. The number of hydrogen-bond donors (Lipinski definition) is 2. The molecule has 2 rings (SSSR count). The Bertz CT molecular complexity index is 729. The van der Waals surface area contributed by atoms with Crippen molar-refractivity contribution in [3.05, 3.63) is 55.1 Å². The Hall–Kier alpha value is -3.09. The van der Waals surface area contributed by atoms with Crippen molar-refractivity contribution < 1.29 is 24.5 Å². The van der Waals surface area contributed by atoms with E-state index in [2.05, 4.69) is 18.5 Å². The van der Waals surface area contributed by atoms with E-state index in [1.165, 1.54) is 32.1 Å². The van der Waals surface area contributed by atoms with Crippen LogP contribution in [0, 0.1) is 0 Å². The van der Waals surface area contributed by atoms with Crippen LogP contribution in [0.3, 0.4) is 0 Å². The Kier molecular flexibility index (Phi) is 10.8. The number of carboxylic acids is 2. The summed E-state index contributed by atoms with van der Waals surface area (Å²) in [5, 5.41) is 14.8. The highest BCUT2D eigenvalue weighted by Gasteiger charge is 2.08. The number of carbonyl (C=O) groups is 2. The molecule has 28 heavy (non-hydrogen) atoms. The highest BCUT2D eigenvalue weighted by atomic mass is 16.5. The molecule has 152 valence electrons. The van der Waals surface area contributed by atoms with Crippen LogP contribution in [0.15, 0.2) is 49.6 Å². The molecule has 0 saturated heterocycles. The van der Waals surface area contributed by atoms with Gasteiger partial charge in [-0.2, -0.15) is 0 Å². The van der Waals surface area contributed by atoms with E-state index in [4.69, 9.17) is 24.5 Å². The molecule has 0 atom stereocenters. The van der Waals surface area contributed by atoms with Gasteiger partial charge >= 0.3 is 11.9 Å². The smallest absolute Gasteiger partial charge is 0.414 e. The molecule has 1 aromatic heterocycles. The number of para-hydroxylation sites is 1. The van der Waals surface area contributed by atoms with E-state index in [9.17, 15) is 0 Å². The molecule has 0 spiro atoms. The third kappa shape index (κ3) is 8.53. The number of benzene rings is 1. The van der Waals surface area contributed by atoms with Crippen LogP contribution in [0.2, 0.25) is 0 Å². The van der Waals surface area contributed by atoms with Crippen LogP contribution in [0.4, 0.5) is 0 Å². The maximum absolute atomic E-state index is 9.10. The van der Waals surface area contributed by atoms with E-state index >= 15 is 0 Å². The molecule has 2 N–H and O–H groups in total. The van der Waals surface area contributed by atoms with E-state index in [-0.39, 0.29) is 0 Å². The summed E-state index contributed by atoms with van der Waals surface area (Å²) in [7, 11) is 0. The van der Waals surface area contributed by atoms with Crippen LogP contribution >= 0.6 is 0 Å². The molecule has 0 saturated carbocycles. The van der Waals surface area contributed by atoms with Crippen LogP contribution in [0.25, 0.3) is 5.70 Å². The number of nitrogens with zero attached hydrogens (tertiary/aromatic N) is 2. The van der Waals surface area contributed by atoms with Crippen LogP contribution in [0.1, 0.15) is 51.0 Å². The molecule has 0 amide bonds. The summed E-state index contributed by atoms with van der Waals surface area (Å²) in [5.41, 5.74) is 1.91. The van der Waals surface area contributed by atoms with Crippen LogP contribution in [-0.2, 0) is 9.59 Å².